The summed E-state index contributed by atoms with van der Waals surface area (Å²) >= 11 is 6.00. The molecule has 15 heavy (non-hydrogen) atoms. The number of benzene rings is 1. The molecule has 0 saturated heterocycles. The number of rotatable bonds is 2. The molecule has 1 atom stereocenters. The van der Waals surface area contributed by atoms with Crippen LogP contribution in [0.15, 0.2) is 29.3 Å². The summed E-state index contributed by atoms with van der Waals surface area (Å²) in [5.41, 5.74) is 1.65. The van der Waals surface area contributed by atoms with Crippen molar-refractivity contribution in [3.8, 4) is 0 Å². The fraction of sp³-hybridized carbons (Fsp3) is 0.273. The molecule has 0 fully saturated rings. The minimum atomic E-state index is -0.864. The number of halogens is 1. The van der Waals surface area contributed by atoms with Crippen molar-refractivity contribution in [1.29, 1.82) is 0 Å². The Kier molecular flexibility index (Phi) is 2.73. The van der Waals surface area contributed by atoms with Gasteiger partial charge in [0, 0.05) is 16.3 Å². The van der Waals surface area contributed by atoms with Gasteiger partial charge in [0.15, 0.2) is 0 Å². The van der Waals surface area contributed by atoms with E-state index in [4.69, 9.17) is 16.7 Å². The Balaban J connectivity index is 2.30. The molecule has 2 rings (SSSR count). The molecule has 0 bridgehead atoms. The molecule has 1 aromatic carbocycles. The van der Waals surface area contributed by atoms with Gasteiger partial charge in [0.05, 0.1) is 0 Å². The van der Waals surface area contributed by atoms with Gasteiger partial charge in [-0.15, -0.1) is 0 Å². The molecule has 1 aliphatic heterocycles. The smallest absolute Gasteiger partial charge is 0.328 e. The molecule has 3 nitrogen and oxygen atoms in total. The number of nitrogens with zero attached hydrogens (tertiary/aromatic N) is 1. The van der Waals surface area contributed by atoms with Gasteiger partial charge in [-0.05, 0) is 18.9 Å². The van der Waals surface area contributed by atoms with Gasteiger partial charge < -0.3 is 5.11 Å². The Hall–Kier alpha value is -1.35. The molecule has 1 heterocycles. The number of carboxylic acids is 1. The lowest BCUT2D eigenvalue weighted by Gasteiger charge is -2.01. The standard InChI is InChI=1S/C11H10ClNO2/c12-8-4-2-1-3-7(8)9-5-6-10(13-9)11(14)15/h1-4,10H,5-6H2,(H,14,15). The summed E-state index contributed by atoms with van der Waals surface area (Å²) in [6, 6.07) is 6.77. The van der Waals surface area contributed by atoms with Gasteiger partial charge in [0.25, 0.3) is 0 Å². The third-order valence-corrected chi connectivity index (χ3v) is 2.77. The number of carbonyl (C=O) groups is 1. The average molecular weight is 224 g/mol. The summed E-state index contributed by atoms with van der Waals surface area (Å²) in [7, 11) is 0. The van der Waals surface area contributed by atoms with E-state index >= 15 is 0 Å². The zero-order valence-corrected chi connectivity index (χ0v) is 8.74. The van der Waals surface area contributed by atoms with Crippen LogP contribution in [0.3, 0.4) is 0 Å². The Morgan fingerprint density at radius 1 is 1.47 bits per heavy atom. The van der Waals surface area contributed by atoms with Gasteiger partial charge in [-0.2, -0.15) is 0 Å². The molecule has 1 aliphatic rings. The fourth-order valence-corrected chi connectivity index (χ4v) is 1.91. The van der Waals surface area contributed by atoms with Crippen LogP contribution in [0.25, 0.3) is 0 Å². The maximum Gasteiger partial charge on any atom is 0.328 e. The number of carboxylic acid groups (broad SMARTS) is 1. The number of aliphatic imine (C=N–C) groups is 1. The minimum absolute atomic E-state index is 0.565. The largest absolute Gasteiger partial charge is 0.480 e. The highest BCUT2D eigenvalue weighted by atomic mass is 35.5. The van der Waals surface area contributed by atoms with Crippen LogP contribution in [0.5, 0.6) is 0 Å². The number of hydrogen-bond acceptors (Lipinski definition) is 2. The zero-order chi connectivity index (χ0) is 10.8. The fourth-order valence-electron chi connectivity index (χ4n) is 1.67. The van der Waals surface area contributed by atoms with Crippen molar-refractivity contribution >= 4 is 23.3 Å². The first-order chi connectivity index (χ1) is 7.18. The molecule has 1 aromatic rings. The van der Waals surface area contributed by atoms with Crippen molar-refractivity contribution < 1.29 is 9.90 Å². The van der Waals surface area contributed by atoms with Crippen LogP contribution in [-0.2, 0) is 4.79 Å². The number of hydrogen-bond donors (Lipinski definition) is 1. The highest BCUT2D eigenvalue weighted by Gasteiger charge is 2.24. The van der Waals surface area contributed by atoms with Crippen molar-refractivity contribution in [2.24, 2.45) is 4.99 Å². The van der Waals surface area contributed by atoms with Gasteiger partial charge in [-0.3, -0.25) is 4.99 Å². The van der Waals surface area contributed by atoms with Crippen molar-refractivity contribution in [1.82, 2.24) is 0 Å². The molecular weight excluding hydrogens is 214 g/mol. The van der Waals surface area contributed by atoms with Gasteiger partial charge in [-0.25, -0.2) is 4.79 Å². The van der Waals surface area contributed by atoms with Crippen LogP contribution >= 0.6 is 11.6 Å². The van der Waals surface area contributed by atoms with Gasteiger partial charge in [0.2, 0.25) is 0 Å². The van der Waals surface area contributed by atoms with E-state index in [9.17, 15) is 4.79 Å². The molecular formula is C11H10ClNO2. The molecule has 1 unspecified atom stereocenters. The van der Waals surface area contributed by atoms with E-state index in [0.717, 1.165) is 11.3 Å². The van der Waals surface area contributed by atoms with E-state index in [1.807, 2.05) is 18.2 Å². The summed E-state index contributed by atoms with van der Waals surface area (Å²) < 4.78 is 0. The second kappa shape index (κ2) is 4.03. The maximum absolute atomic E-state index is 10.7. The molecule has 78 valence electrons. The quantitative estimate of drug-likeness (QED) is 0.837. The number of aliphatic carboxylic acids is 1. The van der Waals surface area contributed by atoms with Crippen LogP contribution in [-0.4, -0.2) is 22.8 Å². The predicted molar refractivity (Wildman–Crippen MR) is 58.6 cm³/mol. The second-order valence-corrected chi connectivity index (χ2v) is 3.86. The first kappa shape index (κ1) is 10.2. The van der Waals surface area contributed by atoms with E-state index in [2.05, 4.69) is 4.99 Å². The zero-order valence-electron chi connectivity index (χ0n) is 7.98. The van der Waals surface area contributed by atoms with E-state index in [-0.39, 0.29) is 0 Å². The highest BCUT2D eigenvalue weighted by Crippen LogP contribution is 2.23. The lowest BCUT2D eigenvalue weighted by atomic mass is 10.1. The Labute approximate surface area is 92.4 Å². The monoisotopic (exact) mass is 223 g/mol. The van der Waals surface area contributed by atoms with Crippen molar-refractivity contribution in [3.63, 3.8) is 0 Å². The summed E-state index contributed by atoms with van der Waals surface area (Å²) in [4.78, 5) is 14.9. The third kappa shape index (κ3) is 2.02. The average Bonchev–Trinajstić information content (AvgIpc) is 2.67. The van der Waals surface area contributed by atoms with Gasteiger partial charge >= 0.3 is 5.97 Å². The molecule has 0 aromatic heterocycles. The SMILES string of the molecule is O=C(O)C1CCC(c2ccccc2Cl)=N1. The van der Waals surface area contributed by atoms with Crippen molar-refractivity contribution in [3.05, 3.63) is 34.9 Å². The van der Waals surface area contributed by atoms with Crippen LogP contribution in [0.1, 0.15) is 18.4 Å². The summed E-state index contributed by atoms with van der Waals surface area (Å²) in [6.07, 6.45) is 1.25. The first-order valence-corrected chi connectivity index (χ1v) is 5.10. The van der Waals surface area contributed by atoms with E-state index in [0.29, 0.717) is 17.9 Å². The minimum Gasteiger partial charge on any atom is -0.480 e. The lowest BCUT2D eigenvalue weighted by Crippen LogP contribution is -2.13. The highest BCUT2D eigenvalue weighted by molar-refractivity contribution is 6.34. The topological polar surface area (TPSA) is 49.7 Å². The first-order valence-electron chi connectivity index (χ1n) is 4.73. The summed E-state index contributed by atoms with van der Waals surface area (Å²) in [5.74, 6) is -0.864. The summed E-state index contributed by atoms with van der Waals surface area (Å²) in [5, 5.41) is 9.43. The van der Waals surface area contributed by atoms with Gasteiger partial charge in [0.1, 0.15) is 6.04 Å². The Bertz CT molecular complexity index is 428. The van der Waals surface area contributed by atoms with Crippen molar-refractivity contribution in [2.75, 3.05) is 0 Å². The maximum atomic E-state index is 10.7. The lowest BCUT2D eigenvalue weighted by molar-refractivity contribution is -0.138. The normalized spacial score (nSPS) is 20.1. The van der Waals surface area contributed by atoms with Crippen molar-refractivity contribution in [2.45, 2.75) is 18.9 Å². The van der Waals surface area contributed by atoms with Crippen LogP contribution in [0.4, 0.5) is 0 Å². The van der Waals surface area contributed by atoms with Crippen LogP contribution in [0, 0.1) is 0 Å². The van der Waals surface area contributed by atoms with Gasteiger partial charge in [-0.1, -0.05) is 29.8 Å². The molecule has 0 amide bonds. The molecule has 0 radical (unpaired) electrons. The molecule has 0 saturated carbocycles. The molecule has 4 heteroatoms. The Morgan fingerprint density at radius 2 is 2.20 bits per heavy atom. The van der Waals surface area contributed by atoms with Crippen LogP contribution < -0.4 is 0 Å². The molecule has 0 spiro atoms. The summed E-state index contributed by atoms with van der Waals surface area (Å²) in [6.45, 7) is 0. The van der Waals surface area contributed by atoms with E-state index in [1.165, 1.54) is 0 Å². The molecule has 0 aliphatic carbocycles. The Morgan fingerprint density at radius 3 is 2.80 bits per heavy atom. The predicted octanol–water partition coefficient (Wildman–Crippen LogP) is 2.38. The van der Waals surface area contributed by atoms with Crippen LogP contribution in [0.2, 0.25) is 5.02 Å². The third-order valence-electron chi connectivity index (χ3n) is 2.44. The van der Waals surface area contributed by atoms with E-state index < -0.39 is 12.0 Å². The van der Waals surface area contributed by atoms with E-state index in [1.54, 1.807) is 6.07 Å². The second-order valence-electron chi connectivity index (χ2n) is 3.45. The molecule has 1 N–H and O–H groups in total.